The van der Waals surface area contributed by atoms with Gasteiger partial charge >= 0.3 is 5.97 Å². The summed E-state index contributed by atoms with van der Waals surface area (Å²) in [6.45, 7) is 0. The highest BCUT2D eigenvalue weighted by atomic mass is 16.7. The van der Waals surface area contributed by atoms with Gasteiger partial charge in [-0.15, -0.1) is 0 Å². The molecule has 4 unspecified atom stereocenters. The normalized spacial score (nSPS) is 34.0. The number of hydrogen-bond donors (Lipinski definition) is 3. The number of carboxylic acid groups (broad SMARTS) is 1. The molecular formula is C12H14N2O4. The lowest BCUT2D eigenvalue weighted by molar-refractivity contribution is -0.141. The van der Waals surface area contributed by atoms with Crippen molar-refractivity contribution in [2.75, 3.05) is 12.1 Å². The number of para-hydroxylation sites is 1. The number of hydrogen-bond acceptors (Lipinski definition) is 5. The Balaban J connectivity index is 2.03. The fourth-order valence-corrected chi connectivity index (χ4v) is 2.71. The Morgan fingerprint density at radius 2 is 2.17 bits per heavy atom. The smallest absolute Gasteiger partial charge is 0.323 e. The van der Waals surface area contributed by atoms with Crippen molar-refractivity contribution < 1.29 is 19.8 Å². The predicted octanol–water partition coefficient (Wildman–Crippen LogP) is -0.105. The molecule has 4 atom stereocenters. The molecule has 3 rings (SSSR count). The molecule has 2 aliphatic rings. The number of aliphatic hydroxyl groups is 1. The van der Waals surface area contributed by atoms with Crippen LogP contribution in [0.2, 0.25) is 0 Å². The van der Waals surface area contributed by atoms with Gasteiger partial charge in [0.1, 0.15) is 12.3 Å². The second-order valence-electron chi connectivity index (χ2n) is 4.58. The van der Waals surface area contributed by atoms with Crippen molar-refractivity contribution in [3.05, 3.63) is 29.8 Å². The van der Waals surface area contributed by atoms with E-state index in [-0.39, 0.29) is 5.92 Å². The van der Waals surface area contributed by atoms with E-state index in [1.54, 1.807) is 12.1 Å². The summed E-state index contributed by atoms with van der Waals surface area (Å²) >= 11 is 0. The van der Waals surface area contributed by atoms with E-state index in [9.17, 15) is 9.90 Å². The number of nitrogens with one attached hydrogen (secondary N) is 1. The minimum Gasteiger partial charge on any atom is -0.480 e. The highest BCUT2D eigenvalue weighted by Crippen LogP contribution is 2.41. The summed E-state index contributed by atoms with van der Waals surface area (Å²) < 4.78 is 0. The Kier molecular flexibility index (Phi) is 2.51. The van der Waals surface area contributed by atoms with Crippen molar-refractivity contribution in [3.63, 3.8) is 0 Å². The standard InChI is InChI=1S/C12H14N2O4/c1-14-7-5-3-2-4-6(7)8-10(15)9(12(16)17)13-11(8)18-14/h2-5,8-11,13,15H,1H3,(H,16,17). The first-order valence-corrected chi connectivity index (χ1v) is 5.76. The van der Waals surface area contributed by atoms with Crippen molar-refractivity contribution in [2.45, 2.75) is 24.3 Å². The van der Waals surface area contributed by atoms with Crippen LogP contribution in [0.4, 0.5) is 5.69 Å². The Morgan fingerprint density at radius 3 is 2.89 bits per heavy atom. The first kappa shape index (κ1) is 11.5. The van der Waals surface area contributed by atoms with Crippen molar-refractivity contribution in [3.8, 4) is 0 Å². The first-order chi connectivity index (χ1) is 8.59. The van der Waals surface area contributed by atoms with Crippen LogP contribution in [-0.4, -0.2) is 41.6 Å². The SMILES string of the molecule is CN1OC2NC(C(=O)O)C(O)C2c2ccccc21. The number of aliphatic carboxylic acids is 1. The first-order valence-electron chi connectivity index (χ1n) is 5.76. The molecule has 6 heteroatoms. The number of nitrogens with zero attached hydrogens (tertiary/aromatic N) is 1. The molecule has 1 fully saturated rings. The van der Waals surface area contributed by atoms with Crippen LogP contribution in [-0.2, 0) is 9.63 Å². The average Bonchev–Trinajstić information content (AvgIpc) is 2.67. The van der Waals surface area contributed by atoms with Crippen molar-refractivity contribution in [1.29, 1.82) is 0 Å². The lowest BCUT2D eigenvalue weighted by atomic mass is 9.90. The summed E-state index contributed by atoms with van der Waals surface area (Å²) in [6, 6.07) is 6.52. The average molecular weight is 250 g/mol. The molecule has 0 aliphatic carbocycles. The fourth-order valence-electron chi connectivity index (χ4n) is 2.71. The monoisotopic (exact) mass is 250 g/mol. The Hall–Kier alpha value is -1.63. The van der Waals surface area contributed by atoms with Crippen LogP contribution in [0.25, 0.3) is 0 Å². The summed E-state index contributed by atoms with van der Waals surface area (Å²) in [4.78, 5) is 16.6. The molecule has 0 saturated carbocycles. The molecule has 3 N–H and O–H groups in total. The van der Waals surface area contributed by atoms with E-state index in [0.717, 1.165) is 11.3 Å². The van der Waals surface area contributed by atoms with Crippen molar-refractivity contribution in [1.82, 2.24) is 5.32 Å². The van der Waals surface area contributed by atoms with Crippen LogP contribution in [0.1, 0.15) is 11.5 Å². The second kappa shape index (κ2) is 3.94. The molecule has 1 aromatic rings. The number of anilines is 1. The van der Waals surface area contributed by atoms with Gasteiger partial charge in [0.15, 0.2) is 0 Å². The zero-order valence-electron chi connectivity index (χ0n) is 9.78. The van der Waals surface area contributed by atoms with Gasteiger partial charge in [-0.1, -0.05) is 18.2 Å². The Morgan fingerprint density at radius 1 is 1.44 bits per heavy atom. The lowest BCUT2D eigenvalue weighted by Gasteiger charge is -2.35. The van der Waals surface area contributed by atoms with Gasteiger partial charge in [-0.2, -0.15) is 0 Å². The van der Waals surface area contributed by atoms with E-state index < -0.39 is 24.3 Å². The molecular weight excluding hydrogens is 236 g/mol. The van der Waals surface area contributed by atoms with Gasteiger partial charge in [0.2, 0.25) is 0 Å². The van der Waals surface area contributed by atoms with E-state index >= 15 is 0 Å². The van der Waals surface area contributed by atoms with Gasteiger partial charge in [-0.25, -0.2) is 0 Å². The highest BCUT2D eigenvalue weighted by molar-refractivity contribution is 5.75. The van der Waals surface area contributed by atoms with E-state index in [1.807, 2.05) is 24.3 Å². The van der Waals surface area contributed by atoms with Crippen molar-refractivity contribution in [2.24, 2.45) is 0 Å². The maximum absolute atomic E-state index is 11.1. The molecule has 1 aromatic carbocycles. The van der Waals surface area contributed by atoms with Gasteiger partial charge < -0.3 is 10.2 Å². The van der Waals surface area contributed by atoms with Crippen molar-refractivity contribution >= 4 is 11.7 Å². The van der Waals surface area contributed by atoms with E-state index in [2.05, 4.69) is 5.32 Å². The predicted molar refractivity (Wildman–Crippen MR) is 63.0 cm³/mol. The fraction of sp³-hybridized carbons (Fsp3) is 0.417. The summed E-state index contributed by atoms with van der Waals surface area (Å²) in [7, 11) is 1.76. The number of aliphatic hydroxyl groups excluding tert-OH is 1. The van der Waals surface area contributed by atoms with E-state index in [1.165, 1.54) is 0 Å². The zero-order chi connectivity index (χ0) is 12.9. The number of fused-ring (bicyclic) bond motifs is 3. The molecule has 0 radical (unpaired) electrons. The molecule has 0 aromatic heterocycles. The van der Waals surface area contributed by atoms with Crippen LogP contribution in [0.5, 0.6) is 0 Å². The Labute approximate surface area is 104 Å². The molecule has 18 heavy (non-hydrogen) atoms. The maximum atomic E-state index is 11.1. The maximum Gasteiger partial charge on any atom is 0.323 e. The van der Waals surface area contributed by atoms with Crippen LogP contribution in [0.15, 0.2) is 24.3 Å². The number of hydroxylamine groups is 1. The van der Waals surface area contributed by atoms with Gasteiger partial charge in [0, 0.05) is 7.05 Å². The third kappa shape index (κ3) is 1.50. The summed E-state index contributed by atoms with van der Waals surface area (Å²) in [5, 5.41) is 23.6. The van der Waals surface area contributed by atoms with Crippen LogP contribution >= 0.6 is 0 Å². The van der Waals surface area contributed by atoms with Gasteiger partial charge in [0.05, 0.1) is 17.7 Å². The third-order valence-electron chi connectivity index (χ3n) is 3.55. The van der Waals surface area contributed by atoms with Gasteiger partial charge in [0.25, 0.3) is 0 Å². The number of rotatable bonds is 1. The third-order valence-corrected chi connectivity index (χ3v) is 3.55. The zero-order valence-corrected chi connectivity index (χ0v) is 9.78. The van der Waals surface area contributed by atoms with E-state index in [4.69, 9.17) is 9.94 Å². The van der Waals surface area contributed by atoms with E-state index in [0.29, 0.717) is 0 Å². The minimum absolute atomic E-state index is 0.363. The van der Waals surface area contributed by atoms with Gasteiger partial charge in [-0.05, 0) is 11.6 Å². The lowest BCUT2D eigenvalue weighted by Crippen LogP contribution is -2.43. The van der Waals surface area contributed by atoms with Crippen LogP contribution in [0, 0.1) is 0 Å². The molecule has 96 valence electrons. The second-order valence-corrected chi connectivity index (χ2v) is 4.58. The minimum atomic E-state index is -1.07. The topological polar surface area (TPSA) is 82.0 Å². The molecule has 2 heterocycles. The summed E-state index contributed by atoms with van der Waals surface area (Å²) in [6.07, 6.45) is -1.51. The summed E-state index contributed by atoms with van der Waals surface area (Å²) in [5.74, 6) is -1.43. The summed E-state index contributed by atoms with van der Waals surface area (Å²) in [5.41, 5.74) is 1.76. The van der Waals surface area contributed by atoms with Crippen LogP contribution in [0.3, 0.4) is 0 Å². The number of carboxylic acids is 1. The molecule has 1 saturated heterocycles. The molecule has 0 spiro atoms. The molecule has 6 nitrogen and oxygen atoms in total. The molecule has 2 aliphatic heterocycles. The Bertz CT molecular complexity index is 493. The highest BCUT2D eigenvalue weighted by Gasteiger charge is 2.50. The number of carbonyl (C=O) groups is 1. The van der Waals surface area contributed by atoms with Crippen LogP contribution < -0.4 is 10.4 Å². The quantitative estimate of drug-likeness (QED) is 0.645. The van der Waals surface area contributed by atoms with Gasteiger partial charge in [-0.3, -0.25) is 20.0 Å². The molecule has 0 bridgehead atoms. The molecule has 0 amide bonds. The largest absolute Gasteiger partial charge is 0.480 e. The number of benzene rings is 1.